The second-order valence-electron chi connectivity index (χ2n) is 9.04. The number of aliphatic hydroxyl groups excluding tert-OH is 2. The number of aromatic nitrogens is 3. The molecule has 2 unspecified atom stereocenters. The van der Waals surface area contributed by atoms with Gasteiger partial charge in [0, 0.05) is 42.1 Å². The van der Waals surface area contributed by atoms with E-state index in [-0.39, 0.29) is 5.91 Å². The number of hydrogen-bond acceptors (Lipinski definition) is 10. The predicted molar refractivity (Wildman–Crippen MR) is 139 cm³/mol. The number of amides is 1. The number of rotatable bonds is 7. The molecule has 1 amide bonds. The largest absolute Gasteiger partial charge is 0.377 e. The van der Waals surface area contributed by atoms with Gasteiger partial charge in [-0.05, 0) is 61.7 Å². The summed E-state index contributed by atoms with van der Waals surface area (Å²) in [5.74, 6) is 0.272. The quantitative estimate of drug-likeness (QED) is 0.257. The van der Waals surface area contributed by atoms with Crippen LogP contribution in [0.2, 0.25) is 0 Å². The SMILES string of the molecule is CC1(C)C(O)NC(O)N1CCNc1nccc(-c2cc3cc(NC(=O)c4cccnc4)ccc3s2)n1. The number of fused-ring (bicyclic) bond motifs is 1. The predicted octanol–water partition coefficient (Wildman–Crippen LogP) is 2.70. The van der Waals surface area contributed by atoms with Gasteiger partial charge in [0.05, 0.1) is 21.7 Å². The number of anilines is 2. The minimum Gasteiger partial charge on any atom is -0.377 e. The number of aliphatic hydroxyl groups is 2. The zero-order valence-electron chi connectivity index (χ0n) is 19.8. The topological polar surface area (TPSA) is 136 Å². The number of nitrogens with zero attached hydrogens (tertiary/aromatic N) is 4. The molecule has 1 aliphatic rings. The summed E-state index contributed by atoms with van der Waals surface area (Å²) in [5, 5.41) is 30.1. The molecule has 1 saturated heterocycles. The maximum absolute atomic E-state index is 12.4. The number of pyridine rings is 1. The monoisotopic (exact) mass is 505 g/mol. The third kappa shape index (κ3) is 4.92. The second kappa shape index (κ2) is 9.88. The van der Waals surface area contributed by atoms with Gasteiger partial charge in [0.1, 0.15) is 6.23 Å². The van der Waals surface area contributed by atoms with Gasteiger partial charge in [-0.15, -0.1) is 11.3 Å². The lowest BCUT2D eigenvalue weighted by Crippen LogP contribution is -2.49. The van der Waals surface area contributed by atoms with Crippen LogP contribution >= 0.6 is 11.3 Å². The zero-order chi connectivity index (χ0) is 25.3. The van der Waals surface area contributed by atoms with Gasteiger partial charge in [0.15, 0.2) is 6.35 Å². The lowest BCUT2D eigenvalue weighted by Gasteiger charge is -2.33. The van der Waals surface area contributed by atoms with Gasteiger partial charge in [-0.25, -0.2) is 9.97 Å². The third-order valence-corrected chi connectivity index (χ3v) is 7.39. The summed E-state index contributed by atoms with van der Waals surface area (Å²) >= 11 is 1.61. The van der Waals surface area contributed by atoms with Crippen molar-refractivity contribution in [2.75, 3.05) is 23.7 Å². The second-order valence-corrected chi connectivity index (χ2v) is 10.1. The Hall–Kier alpha value is -3.48. The van der Waals surface area contributed by atoms with Crippen LogP contribution in [0.15, 0.2) is 61.1 Å². The van der Waals surface area contributed by atoms with Crippen LogP contribution in [0.5, 0.6) is 0 Å². The van der Waals surface area contributed by atoms with E-state index in [1.807, 2.05) is 44.2 Å². The van der Waals surface area contributed by atoms with Crippen molar-refractivity contribution >= 4 is 39.0 Å². The Kier molecular flexibility index (Phi) is 6.65. The highest BCUT2D eigenvalue weighted by Gasteiger charge is 2.45. The first-order chi connectivity index (χ1) is 17.3. The summed E-state index contributed by atoms with van der Waals surface area (Å²) in [6.45, 7) is 4.72. The van der Waals surface area contributed by atoms with Crippen molar-refractivity contribution in [3.05, 3.63) is 66.6 Å². The van der Waals surface area contributed by atoms with Crippen LogP contribution in [0, 0.1) is 0 Å². The lowest BCUT2D eigenvalue weighted by atomic mass is 10.0. The molecule has 3 aromatic heterocycles. The van der Waals surface area contributed by atoms with E-state index in [1.165, 1.54) is 6.20 Å². The van der Waals surface area contributed by atoms with E-state index in [4.69, 9.17) is 0 Å². The Balaban J connectivity index is 1.26. The van der Waals surface area contributed by atoms with Crippen molar-refractivity contribution in [2.45, 2.75) is 32.0 Å². The maximum Gasteiger partial charge on any atom is 0.257 e. The molecule has 10 nitrogen and oxygen atoms in total. The first kappa shape index (κ1) is 24.2. The molecule has 0 saturated carbocycles. The van der Waals surface area contributed by atoms with Crippen LogP contribution in [-0.4, -0.2) is 67.2 Å². The molecule has 0 aliphatic carbocycles. The van der Waals surface area contributed by atoms with E-state index in [0.717, 1.165) is 20.7 Å². The Bertz CT molecular complexity index is 1380. The van der Waals surface area contributed by atoms with E-state index in [2.05, 4.69) is 30.9 Å². The lowest BCUT2D eigenvalue weighted by molar-refractivity contribution is -0.0191. The van der Waals surface area contributed by atoms with Gasteiger partial charge in [0.2, 0.25) is 5.95 Å². The minimum atomic E-state index is -0.915. The van der Waals surface area contributed by atoms with Gasteiger partial charge in [-0.1, -0.05) is 0 Å². The highest BCUT2D eigenvalue weighted by Crippen LogP contribution is 2.34. The summed E-state index contributed by atoms with van der Waals surface area (Å²) in [6, 6.07) is 13.1. The fourth-order valence-electron chi connectivity index (χ4n) is 4.13. The fourth-order valence-corrected chi connectivity index (χ4v) is 5.15. The smallest absolute Gasteiger partial charge is 0.257 e. The van der Waals surface area contributed by atoms with Crippen molar-refractivity contribution in [3.63, 3.8) is 0 Å². The van der Waals surface area contributed by atoms with E-state index in [0.29, 0.717) is 30.3 Å². The molecule has 0 spiro atoms. The van der Waals surface area contributed by atoms with Crippen LogP contribution in [0.1, 0.15) is 24.2 Å². The Morgan fingerprint density at radius 3 is 2.81 bits per heavy atom. The van der Waals surface area contributed by atoms with Gasteiger partial charge in [-0.3, -0.25) is 20.0 Å². The van der Waals surface area contributed by atoms with Crippen LogP contribution < -0.4 is 16.0 Å². The molecule has 1 aliphatic heterocycles. The molecule has 4 aromatic rings. The molecule has 0 radical (unpaired) electrons. The van der Waals surface area contributed by atoms with E-state index >= 15 is 0 Å². The van der Waals surface area contributed by atoms with Gasteiger partial charge in [-0.2, -0.15) is 0 Å². The number of carbonyl (C=O) groups excluding carboxylic acids is 1. The third-order valence-electron chi connectivity index (χ3n) is 6.25. The minimum absolute atomic E-state index is 0.209. The fraction of sp³-hybridized carbons (Fsp3) is 0.280. The summed E-state index contributed by atoms with van der Waals surface area (Å²) in [7, 11) is 0. The van der Waals surface area contributed by atoms with E-state index in [9.17, 15) is 15.0 Å². The van der Waals surface area contributed by atoms with Crippen LogP contribution in [0.4, 0.5) is 11.6 Å². The first-order valence-electron chi connectivity index (χ1n) is 11.5. The molecule has 5 rings (SSSR count). The molecule has 36 heavy (non-hydrogen) atoms. The molecule has 5 N–H and O–H groups in total. The molecular formula is C25H27N7O3S. The van der Waals surface area contributed by atoms with Crippen LogP contribution in [0.3, 0.4) is 0 Å². The number of thiophene rings is 1. The van der Waals surface area contributed by atoms with E-state index in [1.54, 1.807) is 40.8 Å². The zero-order valence-corrected chi connectivity index (χ0v) is 20.7. The Labute approximate surface area is 212 Å². The maximum atomic E-state index is 12.4. The van der Waals surface area contributed by atoms with E-state index < -0.39 is 18.1 Å². The number of nitrogens with one attached hydrogen (secondary N) is 3. The average molecular weight is 506 g/mol. The van der Waals surface area contributed by atoms with Crippen molar-refractivity contribution in [1.82, 2.24) is 25.2 Å². The average Bonchev–Trinajstić information content (AvgIpc) is 3.38. The molecule has 4 heterocycles. The molecule has 186 valence electrons. The van der Waals surface area contributed by atoms with Gasteiger partial charge in [0.25, 0.3) is 5.91 Å². The van der Waals surface area contributed by atoms with Crippen molar-refractivity contribution in [2.24, 2.45) is 0 Å². The van der Waals surface area contributed by atoms with Crippen LogP contribution in [-0.2, 0) is 0 Å². The summed E-state index contributed by atoms with van der Waals surface area (Å²) < 4.78 is 1.08. The standard InChI is InChI=1S/C25H27N7O3S/c1-25(2)22(34)31-24(35)32(25)11-10-28-23-27-9-7-18(30-23)20-13-16-12-17(5-6-19(16)36-20)29-21(33)15-4-3-8-26-14-15/h3-9,12-14,22,24,31,34-35H,10-11H2,1-2H3,(H,29,33)(H,27,28,30). The first-order valence-corrected chi connectivity index (χ1v) is 12.3. The molecule has 0 bridgehead atoms. The number of benzene rings is 1. The highest BCUT2D eigenvalue weighted by atomic mass is 32.1. The van der Waals surface area contributed by atoms with Crippen molar-refractivity contribution in [3.8, 4) is 10.6 Å². The van der Waals surface area contributed by atoms with Gasteiger partial charge < -0.3 is 20.8 Å². The highest BCUT2D eigenvalue weighted by molar-refractivity contribution is 7.22. The molecule has 11 heteroatoms. The number of carbonyl (C=O) groups is 1. The summed E-state index contributed by atoms with van der Waals surface area (Å²) in [6.07, 6.45) is 3.14. The van der Waals surface area contributed by atoms with Gasteiger partial charge >= 0.3 is 0 Å². The molecule has 2 atom stereocenters. The summed E-state index contributed by atoms with van der Waals surface area (Å²) in [5.41, 5.74) is 1.39. The molecule has 1 aromatic carbocycles. The number of hydrogen-bond donors (Lipinski definition) is 5. The molecular weight excluding hydrogens is 478 g/mol. The normalized spacial score (nSPS) is 19.4. The Morgan fingerprint density at radius 1 is 1.19 bits per heavy atom. The summed E-state index contributed by atoms with van der Waals surface area (Å²) in [4.78, 5) is 28.2. The van der Waals surface area contributed by atoms with Crippen molar-refractivity contribution in [1.29, 1.82) is 0 Å². The van der Waals surface area contributed by atoms with Crippen molar-refractivity contribution < 1.29 is 15.0 Å². The Morgan fingerprint density at radius 2 is 2.06 bits per heavy atom. The van der Waals surface area contributed by atoms with Crippen LogP contribution in [0.25, 0.3) is 20.7 Å². The molecule has 1 fully saturated rings.